The molecule has 1 aliphatic rings. The summed E-state index contributed by atoms with van der Waals surface area (Å²) in [7, 11) is 0. The van der Waals surface area contributed by atoms with Crippen LogP contribution in [0.5, 0.6) is 0 Å². The second-order valence-electron chi connectivity index (χ2n) is 6.45. The molecular formula is C19H19N5O3. The van der Waals surface area contributed by atoms with E-state index >= 15 is 0 Å². The number of anilines is 1. The molecule has 1 aromatic carbocycles. The van der Waals surface area contributed by atoms with E-state index in [0.29, 0.717) is 18.8 Å². The average molecular weight is 365 g/mol. The van der Waals surface area contributed by atoms with Crippen molar-refractivity contribution in [2.24, 2.45) is 5.92 Å². The van der Waals surface area contributed by atoms with Crippen molar-refractivity contribution < 1.29 is 14.0 Å². The number of nitrogens with zero attached hydrogens (tertiary/aromatic N) is 4. The Balaban J connectivity index is 1.42. The predicted molar refractivity (Wildman–Crippen MR) is 97.3 cm³/mol. The third-order valence-electron chi connectivity index (χ3n) is 4.61. The van der Waals surface area contributed by atoms with Crippen LogP contribution in [0.3, 0.4) is 0 Å². The summed E-state index contributed by atoms with van der Waals surface area (Å²) in [4.78, 5) is 30.6. The minimum Gasteiger partial charge on any atom is -0.438 e. The van der Waals surface area contributed by atoms with Crippen molar-refractivity contribution in [2.75, 3.05) is 18.4 Å². The number of amides is 2. The van der Waals surface area contributed by atoms with Gasteiger partial charge in [-0.05, 0) is 37.1 Å². The molecule has 1 aliphatic heterocycles. The minimum absolute atomic E-state index is 0.0947. The summed E-state index contributed by atoms with van der Waals surface area (Å²) in [5.41, 5.74) is 1.57. The monoisotopic (exact) mass is 365 g/mol. The summed E-state index contributed by atoms with van der Waals surface area (Å²) >= 11 is 0. The number of rotatable bonds is 4. The molecule has 8 heteroatoms. The molecule has 138 valence electrons. The van der Waals surface area contributed by atoms with E-state index in [1.54, 1.807) is 15.8 Å². The Bertz CT molecular complexity index is 921. The average Bonchev–Trinajstić information content (AvgIpc) is 3.42. The van der Waals surface area contributed by atoms with Gasteiger partial charge in [0.2, 0.25) is 11.7 Å². The summed E-state index contributed by atoms with van der Waals surface area (Å²) < 4.78 is 6.81. The zero-order valence-electron chi connectivity index (χ0n) is 14.6. The van der Waals surface area contributed by atoms with E-state index in [2.05, 4.69) is 15.4 Å². The lowest BCUT2D eigenvalue weighted by Gasteiger charge is -2.31. The molecule has 0 saturated carbocycles. The smallest absolute Gasteiger partial charge is 0.291 e. The predicted octanol–water partition coefficient (Wildman–Crippen LogP) is 2.35. The van der Waals surface area contributed by atoms with Crippen molar-refractivity contribution >= 4 is 17.5 Å². The number of oxazole rings is 1. The third kappa shape index (κ3) is 3.74. The molecule has 0 radical (unpaired) electrons. The molecule has 0 aliphatic carbocycles. The van der Waals surface area contributed by atoms with Gasteiger partial charge in [0.15, 0.2) is 6.39 Å². The standard InChI is InChI=1S/C19H19N5O3/c25-18(22-15-5-1-6-16(10-15)24-9-3-7-21-24)14-4-2-8-23(12-14)19(26)17-11-20-13-27-17/h1,3,5-7,9-11,13-14H,2,4,8,12H2,(H,22,25)/t14-/m1/s1. The molecule has 2 aromatic heterocycles. The molecule has 1 N–H and O–H groups in total. The number of piperidine rings is 1. The van der Waals surface area contributed by atoms with Crippen LogP contribution >= 0.6 is 0 Å². The first-order chi connectivity index (χ1) is 13.2. The Hall–Kier alpha value is -3.42. The zero-order valence-corrected chi connectivity index (χ0v) is 14.6. The van der Waals surface area contributed by atoms with Gasteiger partial charge in [-0.25, -0.2) is 9.67 Å². The van der Waals surface area contributed by atoms with Crippen molar-refractivity contribution in [1.82, 2.24) is 19.7 Å². The summed E-state index contributed by atoms with van der Waals surface area (Å²) in [5, 5.41) is 7.15. The van der Waals surface area contributed by atoms with Gasteiger partial charge in [0.05, 0.1) is 17.8 Å². The summed E-state index contributed by atoms with van der Waals surface area (Å²) in [5.74, 6) is -0.393. The van der Waals surface area contributed by atoms with Crippen molar-refractivity contribution in [3.8, 4) is 5.69 Å². The number of hydrogen-bond acceptors (Lipinski definition) is 5. The summed E-state index contributed by atoms with van der Waals surface area (Å²) in [6.07, 6.45) is 7.68. The number of benzene rings is 1. The van der Waals surface area contributed by atoms with Gasteiger partial charge in [0.1, 0.15) is 0 Å². The minimum atomic E-state index is -0.265. The molecule has 1 fully saturated rings. The molecule has 1 atom stereocenters. The van der Waals surface area contributed by atoms with Crippen molar-refractivity contribution in [1.29, 1.82) is 0 Å². The highest BCUT2D eigenvalue weighted by Crippen LogP contribution is 2.21. The van der Waals surface area contributed by atoms with E-state index in [1.165, 1.54) is 12.6 Å². The molecule has 3 aromatic rings. The second-order valence-corrected chi connectivity index (χ2v) is 6.45. The lowest BCUT2D eigenvalue weighted by molar-refractivity contribution is -0.121. The normalized spacial score (nSPS) is 16.9. The SMILES string of the molecule is O=C(Nc1cccc(-n2cccn2)c1)[C@@H]1CCCN(C(=O)c2cnco2)C1. The van der Waals surface area contributed by atoms with Crippen LogP contribution in [0.15, 0.2) is 59.7 Å². The lowest BCUT2D eigenvalue weighted by atomic mass is 9.96. The first-order valence-electron chi connectivity index (χ1n) is 8.79. The highest BCUT2D eigenvalue weighted by Gasteiger charge is 2.30. The van der Waals surface area contributed by atoms with E-state index in [9.17, 15) is 9.59 Å². The van der Waals surface area contributed by atoms with Gasteiger partial charge in [-0.3, -0.25) is 9.59 Å². The molecule has 4 rings (SSSR count). The van der Waals surface area contributed by atoms with E-state index < -0.39 is 0 Å². The highest BCUT2D eigenvalue weighted by molar-refractivity contribution is 5.95. The molecule has 1 saturated heterocycles. The van der Waals surface area contributed by atoms with E-state index in [4.69, 9.17) is 4.42 Å². The molecule has 0 bridgehead atoms. The van der Waals surface area contributed by atoms with E-state index in [0.717, 1.165) is 18.5 Å². The Morgan fingerprint density at radius 2 is 2.19 bits per heavy atom. The van der Waals surface area contributed by atoms with Crippen LogP contribution < -0.4 is 5.32 Å². The lowest BCUT2D eigenvalue weighted by Crippen LogP contribution is -2.43. The van der Waals surface area contributed by atoms with Crippen LogP contribution in [-0.4, -0.2) is 44.6 Å². The van der Waals surface area contributed by atoms with Crippen LogP contribution in [-0.2, 0) is 4.79 Å². The number of carbonyl (C=O) groups is 2. The Labute approximate surface area is 155 Å². The first kappa shape index (κ1) is 17.0. The number of likely N-dealkylation sites (tertiary alicyclic amines) is 1. The Morgan fingerprint density at radius 1 is 1.26 bits per heavy atom. The maximum atomic E-state index is 12.7. The molecule has 27 heavy (non-hydrogen) atoms. The van der Waals surface area contributed by atoms with Crippen molar-refractivity contribution in [2.45, 2.75) is 12.8 Å². The van der Waals surface area contributed by atoms with Crippen LogP contribution in [0.25, 0.3) is 5.69 Å². The Kier molecular flexibility index (Phi) is 4.69. The topological polar surface area (TPSA) is 93.3 Å². The fourth-order valence-electron chi connectivity index (χ4n) is 3.24. The molecule has 3 heterocycles. The molecular weight excluding hydrogens is 346 g/mol. The van der Waals surface area contributed by atoms with Crippen LogP contribution in [0, 0.1) is 5.92 Å². The van der Waals surface area contributed by atoms with Gasteiger partial charge in [-0.15, -0.1) is 0 Å². The molecule has 2 amide bonds. The largest absolute Gasteiger partial charge is 0.438 e. The third-order valence-corrected chi connectivity index (χ3v) is 4.61. The van der Waals surface area contributed by atoms with E-state index in [1.807, 2.05) is 36.5 Å². The fraction of sp³-hybridized carbons (Fsp3) is 0.263. The maximum absolute atomic E-state index is 12.7. The van der Waals surface area contributed by atoms with Crippen LogP contribution in [0.1, 0.15) is 23.4 Å². The number of nitrogens with one attached hydrogen (secondary N) is 1. The molecule has 8 nitrogen and oxygen atoms in total. The molecule has 0 unspecified atom stereocenters. The number of carbonyl (C=O) groups excluding carboxylic acids is 2. The zero-order chi connectivity index (χ0) is 18.6. The fourth-order valence-corrected chi connectivity index (χ4v) is 3.24. The quantitative estimate of drug-likeness (QED) is 0.766. The van der Waals surface area contributed by atoms with Gasteiger partial charge < -0.3 is 14.6 Å². The molecule has 0 spiro atoms. The van der Waals surface area contributed by atoms with E-state index in [-0.39, 0.29) is 23.5 Å². The summed E-state index contributed by atoms with van der Waals surface area (Å²) in [6, 6.07) is 9.33. The summed E-state index contributed by atoms with van der Waals surface area (Å²) in [6.45, 7) is 0.975. The van der Waals surface area contributed by atoms with Crippen LogP contribution in [0.4, 0.5) is 5.69 Å². The van der Waals surface area contributed by atoms with Crippen molar-refractivity contribution in [3.63, 3.8) is 0 Å². The van der Waals surface area contributed by atoms with Gasteiger partial charge in [-0.1, -0.05) is 6.07 Å². The second kappa shape index (κ2) is 7.45. The van der Waals surface area contributed by atoms with Gasteiger partial charge in [0.25, 0.3) is 5.91 Å². The van der Waals surface area contributed by atoms with Gasteiger partial charge in [0, 0.05) is 31.2 Å². The van der Waals surface area contributed by atoms with Gasteiger partial charge in [-0.2, -0.15) is 5.10 Å². The van der Waals surface area contributed by atoms with Crippen LogP contribution in [0.2, 0.25) is 0 Å². The van der Waals surface area contributed by atoms with Gasteiger partial charge >= 0.3 is 0 Å². The first-order valence-corrected chi connectivity index (χ1v) is 8.79. The van der Waals surface area contributed by atoms with Crippen molar-refractivity contribution in [3.05, 3.63) is 61.1 Å². The number of hydrogen-bond donors (Lipinski definition) is 1. The number of aromatic nitrogens is 3. The Morgan fingerprint density at radius 3 is 2.96 bits per heavy atom. The maximum Gasteiger partial charge on any atom is 0.291 e. The highest BCUT2D eigenvalue weighted by atomic mass is 16.3.